The summed E-state index contributed by atoms with van der Waals surface area (Å²) in [5.41, 5.74) is 1.71. The first-order chi connectivity index (χ1) is 11.7. The van der Waals surface area contributed by atoms with Crippen molar-refractivity contribution >= 4 is 5.78 Å². The summed E-state index contributed by atoms with van der Waals surface area (Å²) in [4.78, 5) is 12.7. The zero-order valence-corrected chi connectivity index (χ0v) is 13.6. The Kier molecular flexibility index (Phi) is 3.97. The molecule has 1 aliphatic carbocycles. The maximum absolute atomic E-state index is 13.3. The molecule has 2 fully saturated rings. The van der Waals surface area contributed by atoms with Gasteiger partial charge in [0, 0.05) is 18.3 Å². The first-order valence-corrected chi connectivity index (χ1v) is 8.66. The molecule has 2 nitrogen and oxygen atoms in total. The summed E-state index contributed by atoms with van der Waals surface area (Å²) in [6, 6.07) is 16.8. The second kappa shape index (κ2) is 6.14. The molecule has 1 aliphatic heterocycles. The Morgan fingerprint density at radius 2 is 1.71 bits per heavy atom. The highest BCUT2D eigenvalue weighted by molar-refractivity contribution is 5.82. The SMILES string of the molecule is O=C1CC[C@@]2(c3ccc(F)cc3)CCC1[C@H](c1ccccc1)CO2. The molecule has 124 valence electrons. The van der Waals surface area contributed by atoms with Crippen LogP contribution in [-0.2, 0) is 15.1 Å². The summed E-state index contributed by atoms with van der Waals surface area (Å²) >= 11 is 0. The summed E-state index contributed by atoms with van der Waals surface area (Å²) in [5, 5.41) is 0. The number of ether oxygens (including phenoxy) is 1. The van der Waals surface area contributed by atoms with Gasteiger partial charge < -0.3 is 4.74 Å². The number of benzene rings is 2. The number of halogens is 1. The van der Waals surface area contributed by atoms with E-state index >= 15 is 0 Å². The van der Waals surface area contributed by atoms with Crippen molar-refractivity contribution in [2.24, 2.45) is 5.92 Å². The van der Waals surface area contributed by atoms with Crippen molar-refractivity contribution in [3.05, 3.63) is 71.5 Å². The largest absolute Gasteiger partial charge is 0.370 e. The van der Waals surface area contributed by atoms with E-state index in [9.17, 15) is 9.18 Å². The Morgan fingerprint density at radius 3 is 2.46 bits per heavy atom. The topological polar surface area (TPSA) is 26.3 Å². The molecule has 1 unspecified atom stereocenters. The molecular formula is C21H21FO2. The lowest BCUT2D eigenvalue weighted by Crippen LogP contribution is -2.32. The summed E-state index contributed by atoms with van der Waals surface area (Å²) in [6.07, 6.45) is 2.87. The van der Waals surface area contributed by atoms with Crippen molar-refractivity contribution in [1.82, 2.24) is 0 Å². The van der Waals surface area contributed by atoms with Crippen LogP contribution in [0.2, 0.25) is 0 Å². The fraction of sp³-hybridized carbons (Fsp3) is 0.381. The fourth-order valence-corrected chi connectivity index (χ4v) is 4.27. The van der Waals surface area contributed by atoms with Gasteiger partial charge in [0.05, 0.1) is 12.2 Å². The number of fused-ring (bicyclic) bond motifs is 3. The molecule has 0 aromatic heterocycles. The normalized spacial score (nSPS) is 30.0. The molecular weight excluding hydrogens is 303 g/mol. The van der Waals surface area contributed by atoms with Gasteiger partial charge in [-0.05, 0) is 42.5 Å². The molecule has 0 radical (unpaired) electrons. The number of rotatable bonds is 2. The predicted octanol–water partition coefficient (Wildman–Crippen LogP) is 4.59. The molecule has 1 heterocycles. The van der Waals surface area contributed by atoms with Crippen LogP contribution in [0, 0.1) is 11.7 Å². The lowest BCUT2D eigenvalue weighted by molar-refractivity contribution is -0.127. The molecule has 2 aromatic carbocycles. The Balaban J connectivity index is 1.71. The van der Waals surface area contributed by atoms with Crippen LogP contribution in [0.3, 0.4) is 0 Å². The van der Waals surface area contributed by atoms with Crippen LogP contribution in [0.5, 0.6) is 0 Å². The van der Waals surface area contributed by atoms with Gasteiger partial charge in [0.2, 0.25) is 0 Å². The third-order valence-electron chi connectivity index (χ3n) is 5.67. The first kappa shape index (κ1) is 15.5. The van der Waals surface area contributed by atoms with Gasteiger partial charge in [0.1, 0.15) is 11.6 Å². The Hall–Kier alpha value is -2.00. The maximum Gasteiger partial charge on any atom is 0.136 e. The lowest BCUT2D eigenvalue weighted by atomic mass is 9.81. The van der Waals surface area contributed by atoms with Gasteiger partial charge in [-0.25, -0.2) is 4.39 Å². The van der Waals surface area contributed by atoms with Crippen molar-refractivity contribution in [1.29, 1.82) is 0 Å². The summed E-state index contributed by atoms with van der Waals surface area (Å²) in [7, 11) is 0. The second-order valence-corrected chi connectivity index (χ2v) is 6.94. The highest BCUT2D eigenvalue weighted by Gasteiger charge is 2.45. The number of hydrogen-bond acceptors (Lipinski definition) is 2. The van der Waals surface area contributed by atoms with E-state index in [0.717, 1.165) is 18.4 Å². The van der Waals surface area contributed by atoms with Gasteiger partial charge in [-0.1, -0.05) is 42.5 Å². The third-order valence-corrected chi connectivity index (χ3v) is 5.67. The summed E-state index contributed by atoms with van der Waals surface area (Å²) < 4.78 is 19.7. The number of carbonyl (C=O) groups excluding carboxylic acids is 1. The number of Topliss-reactive ketones (excluding diaryl/α,β-unsaturated/α-hetero) is 1. The fourth-order valence-electron chi connectivity index (χ4n) is 4.27. The van der Waals surface area contributed by atoms with E-state index in [-0.39, 0.29) is 17.7 Å². The van der Waals surface area contributed by atoms with Crippen LogP contribution in [0.4, 0.5) is 4.39 Å². The van der Waals surface area contributed by atoms with E-state index < -0.39 is 5.60 Å². The van der Waals surface area contributed by atoms with E-state index in [1.165, 1.54) is 17.7 Å². The average Bonchev–Trinajstić information content (AvgIpc) is 2.90. The van der Waals surface area contributed by atoms with E-state index in [0.29, 0.717) is 25.2 Å². The second-order valence-electron chi connectivity index (χ2n) is 6.94. The zero-order chi connectivity index (χ0) is 16.6. The minimum atomic E-state index is -0.457. The molecule has 1 saturated heterocycles. The van der Waals surface area contributed by atoms with Crippen LogP contribution in [0.25, 0.3) is 0 Å². The van der Waals surface area contributed by atoms with Crippen molar-refractivity contribution in [3.8, 4) is 0 Å². The molecule has 4 rings (SSSR count). The van der Waals surface area contributed by atoms with Crippen molar-refractivity contribution in [3.63, 3.8) is 0 Å². The van der Waals surface area contributed by atoms with E-state index in [4.69, 9.17) is 4.74 Å². The molecule has 3 heteroatoms. The zero-order valence-electron chi connectivity index (χ0n) is 13.6. The summed E-state index contributed by atoms with van der Waals surface area (Å²) in [5.74, 6) is 0.239. The van der Waals surface area contributed by atoms with Crippen LogP contribution in [0.15, 0.2) is 54.6 Å². The van der Waals surface area contributed by atoms with Crippen molar-refractivity contribution in [2.75, 3.05) is 6.61 Å². The van der Waals surface area contributed by atoms with E-state index in [2.05, 4.69) is 12.1 Å². The Bertz CT molecular complexity index is 725. The molecule has 0 N–H and O–H groups in total. The molecule has 2 bridgehead atoms. The van der Waals surface area contributed by atoms with E-state index in [1.54, 1.807) is 0 Å². The van der Waals surface area contributed by atoms with Crippen LogP contribution in [0.1, 0.15) is 42.7 Å². The third kappa shape index (κ3) is 2.67. The Labute approximate surface area is 141 Å². The van der Waals surface area contributed by atoms with Crippen LogP contribution in [-0.4, -0.2) is 12.4 Å². The summed E-state index contributed by atoms with van der Waals surface area (Å²) in [6.45, 7) is 0.539. The molecule has 3 atom stereocenters. The highest BCUT2D eigenvalue weighted by atomic mass is 19.1. The van der Waals surface area contributed by atoms with Gasteiger partial charge in [0.25, 0.3) is 0 Å². The van der Waals surface area contributed by atoms with Crippen LogP contribution >= 0.6 is 0 Å². The standard InChI is InChI=1S/C21H21FO2/c22-17-8-6-16(7-9-17)21-12-10-18(20(23)11-13-21)19(14-24-21)15-4-2-1-3-5-15/h1-9,18-19H,10-14H2/t18?,19-,21+/m0/s1. The molecule has 0 amide bonds. The molecule has 1 saturated carbocycles. The number of hydrogen-bond donors (Lipinski definition) is 0. The minimum Gasteiger partial charge on any atom is -0.370 e. The van der Waals surface area contributed by atoms with Gasteiger partial charge in [-0.2, -0.15) is 0 Å². The highest BCUT2D eigenvalue weighted by Crippen LogP contribution is 2.47. The number of ketones is 1. The predicted molar refractivity (Wildman–Crippen MR) is 90.2 cm³/mol. The Morgan fingerprint density at radius 1 is 0.958 bits per heavy atom. The smallest absolute Gasteiger partial charge is 0.136 e. The van der Waals surface area contributed by atoms with Gasteiger partial charge in [0.15, 0.2) is 0 Å². The molecule has 2 aromatic rings. The molecule has 24 heavy (non-hydrogen) atoms. The maximum atomic E-state index is 13.3. The van der Waals surface area contributed by atoms with Gasteiger partial charge in [-0.3, -0.25) is 4.79 Å². The first-order valence-electron chi connectivity index (χ1n) is 8.66. The van der Waals surface area contributed by atoms with Gasteiger partial charge in [-0.15, -0.1) is 0 Å². The minimum absolute atomic E-state index is 0.0252. The van der Waals surface area contributed by atoms with Crippen molar-refractivity contribution < 1.29 is 13.9 Å². The van der Waals surface area contributed by atoms with Gasteiger partial charge >= 0.3 is 0 Å². The quantitative estimate of drug-likeness (QED) is 0.807. The van der Waals surface area contributed by atoms with Crippen molar-refractivity contribution in [2.45, 2.75) is 37.2 Å². The molecule has 0 spiro atoms. The lowest BCUT2D eigenvalue weighted by Gasteiger charge is -2.34. The molecule has 2 aliphatic rings. The van der Waals surface area contributed by atoms with E-state index in [1.807, 2.05) is 30.3 Å². The average molecular weight is 324 g/mol. The van der Waals surface area contributed by atoms with Crippen LogP contribution < -0.4 is 0 Å². The number of carbonyl (C=O) groups is 1. The monoisotopic (exact) mass is 324 g/mol.